The van der Waals surface area contributed by atoms with Crippen molar-refractivity contribution >= 4 is 40.8 Å². The highest BCUT2D eigenvalue weighted by atomic mass is 127. The fraction of sp³-hybridized carbons (Fsp3) is 0.438. The Labute approximate surface area is 142 Å². The molecular weight excluding hydrogens is 375 g/mol. The molecule has 1 aromatic carbocycles. The van der Waals surface area contributed by atoms with Crippen LogP contribution in [0.1, 0.15) is 25.5 Å². The van der Waals surface area contributed by atoms with Crippen molar-refractivity contribution in [2.45, 2.75) is 26.3 Å². The summed E-state index contributed by atoms with van der Waals surface area (Å²) in [6, 6.07) is 10.4. The molecule has 0 atom stereocenters. The highest BCUT2D eigenvalue weighted by Gasteiger charge is 2.16. The Morgan fingerprint density at radius 2 is 2.05 bits per heavy atom. The second-order valence-electron chi connectivity index (χ2n) is 5.73. The number of aromatic nitrogens is 1. The van der Waals surface area contributed by atoms with E-state index < -0.39 is 0 Å². The van der Waals surface area contributed by atoms with E-state index in [1.165, 1.54) is 18.2 Å². The normalized spacial score (nSPS) is 17.0. The molecule has 21 heavy (non-hydrogen) atoms. The van der Waals surface area contributed by atoms with Crippen LogP contribution in [0.4, 0.5) is 0 Å². The summed E-state index contributed by atoms with van der Waals surface area (Å²) in [4.78, 5) is 10.1. The summed E-state index contributed by atoms with van der Waals surface area (Å²) in [5.41, 5.74) is 8.36. The minimum absolute atomic E-state index is 0. The van der Waals surface area contributed by atoms with Crippen LogP contribution in [-0.2, 0) is 6.54 Å². The van der Waals surface area contributed by atoms with Crippen molar-refractivity contribution < 1.29 is 0 Å². The van der Waals surface area contributed by atoms with Gasteiger partial charge in [-0.3, -0.25) is 0 Å². The third kappa shape index (κ3) is 3.90. The lowest BCUT2D eigenvalue weighted by atomic mass is 10.00. The molecule has 0 amide bonds. The molecule has 0 spiro atoms. The van der Waals surface area contributed by atoms with Gasteiger partial charge in [-0.1, -0.05) is 25.1 Å². The van der Waals surface area contributed by atoms with E-state index in [0.717, 1.165) is 30.2 Å². The Bertz CT molecular complexity index is 579. The molecule has 0 saturated carbocycles. The van der Waals surface area contributed by atoms with Crippen molar-refractivity contribution in [1.82, 2.24) is 9.88 Å². The summed E-state index contributed by atoms with van der Waals surface area (Å²) < 4.78 is 0. The van der Waals surface area contributed by atoms with Crippen LogP contribution < -0.4 is 5.73 Å². The molecule has 3 rings (SSSR count). The number of guanidine groups is 1. The van der Waals surface area contributed by atoms with E-state index in [4.69, 9.17) is 5.73 Å². The summed E-state index contributed by atoms with van der Waals surface area (Å²) in [6.45, 7) is 4.98. The first kappa shape index (κ1) is 16.1. The molecule has 0 radical (unpaired) electrons. The van der Waals surface area contributed by atoms with E-state index >= 15 is 0 Å². The van der Waals surface area contributed by atoms with Crippen LogP contribution in [0.15, 0.2) is 35.3 Å². The second kappa shape index (κ2) is 7.15. The van der Waals surface area contributed by atoms with Gasteiger partial charge in [0.15, 0.2) is 5.96 Å². The standard InChI is InChI=1S/C16H22N4.HI/c1-12-6-8-20(9-7-12)16(17)18-11-14-10-13-4-2-3-5-15(13)19-14;/h2-5,10,12,19H,6-9,11H2,1H3,(H2,17,18);1H. The molecule has 1 fully saturated rings. The van der Waals surface area contributed by atoms with E-state index in [1.807, 2.05) is 12.1 Å². The summed E-state index contributed by atoms with van der Waals surface area (Å²) in [7, 11) is 0. The number of aliphatic imine (C=N–C) groups is 1. The zero-order chi connectivity index (χ0) is 13.9. The first-order valence-corrected chi connectivity index (χ1v) is 7.34. The lowest BCUT2D eigenvalue weighted by Gasteiger charge is -2.30. The average Bonchev–Trinajstić information content (AvgIpc) is 2.88. The van der Waals surface area contributed by atoms with Gasteiger partial charge in [-0.25, -0.2) is 4.99 Å². The number of halogens is 1. The van der Waals surface area contributed by atoms with Crippen molar-refractivity contribution in [2.75, 3.05) is 13.1 Å². The molecule has 0 bridgehead atoms. The predicted molar refractivity (Wildman–Crippen MR) is 99.0 cm³/mol. The molecule has 1 aliphatic heterocycles. The van der Waals surface area contributed by atoms with Crippen molar-refractivity contribution in [1.29, 1.82) is 0 Å². The van der Waals surface area contributed by atoms with Crippen molar-refractivity contribution in [2.24, 2.45) is 16.6 Å². The highest BCUT2D eigenvalue weighted by molar-refractivity contribution is 14.0. The maximum atomic E-state index is 6.10. The third-order valence-corrected chi connectivity index (χ3v) is 4.10. The number of nitrogens with one attached hydrogen (secondary N) is 1. The number of nitrogens with two attached hydrogens (primary N) is 1. The maximum absolute atomic E-state index is 6.10. The van der Waals surface area contributed by atoms with Gasteiger partial charge in [0.25, 0.3) is 0 Å². The number of hydrogen-bond donors (Lipinski definition) is 2. The first-order chi connectivity index (χ1) is 9.72. The molecule has 3 N–H and O–H groups in total. The van der Waals surface area contributed by atoms with E-state index in [9.17, 15) is 0 Å². The number of H-pyrrole nitrogens is 1. The largest absolute Gasteiger partial charge is 0.370 e. The van der Waals surface area contributed by atoms with Crippen LogP contribution in [0, 0.1) is 5.92 Å². The van der Waals surface area contributed by atoms with Gasteiger partial charge in [-0.15, -0.1) is 24.0 Å². The summed E-state index contributed by atoms with van der Waals surface area (Å²) in [5, 5.41) is 1.23. The van der Waals surface area contributed by atoms with Crippen molar-refractivity contribution in [3.05, 3.63) is 36.0 Å². The molecule has 2 aromatic rings. The molecule has 1 saturated heterocycles. The minimum atomic E-state index is 0. The van der Waals surface area contributed by atoms with Gasteiger partial charge < -0.3 is 15.6 Å². The van der Waals surface area contributed by atoms with Crippen molar-refractivity contribution in [3.8, 4) is 0 Å². The second-order valence-corrected chi connectivity index (χ2v) is 5.73. The smallest absolute Gasteiger partial charge is 0.191 e. The Kier molecular flexibility index (Phi) is 5.50. The Morgan fingerprint density at radius 1 is 1.33 bits per heavy atom. The number of likely N-dealkylation sites (tertiary alicyclic amines) is 1. The highest BCUT2D eigenvalue weighted by Crippen LogP contribution is 2.17. The molecule has 0 aliphatic carbocycles. The molecular formula is C16H23IN4. The van der Waals surface area contributed by atoms with Gasteiger partial charge in [-0.05, 0) is 36.3 Å². The average molecular weight is 398 g/mol. The third-order valence-electron chi connectivity index (χ3n) is 4.10. The van der Waals surface area contributed by atoms with Gasteiger partial charge in [-0.2, -0.15) is 0 Å². The number of rotatable bonds is 2. The van der Waals surface area contributed by atoms with Gasteiger partial charge in [0.05, 0.1) is 6.54 Å². The van der Waals surface area contributed by atoms with Crippen LogP contribution in [-0.4, -0.2) is 28.9 Å². The zero-order valence-corrected chi connectivity index (χ0v) is 14.7. The van der Waals surface area contributed by atoms with Crippen LogP contribution >= 0.6 is 24.0 Å². The van der Waals surface area contributed by atoms with E-state index in [1.54, 1.807) is 0 Å². The Morgan fingerprint density at radius 3 is 2.76 bits per heavy atom. The maximum Gasteiger partial charge on any atom is 0.191 e. The molecule has 4 nitrogen and oxygen atoms in total. The summed E-state index contributed by atoms with van der Waals surface area (Å²) in [5.74, 6) is 1.49. The van der Waals surface area contributed by atoms with Crippen LogP contribution in [0.25, 0.3) is 10.9 Å². The summed E-state index contributed by atoms with van der Waals surface area (Å²) in [6.07, 6.45) is 2.42. The van der Waals surface area contributed by atoms with E-state index in [-0.39, 0.29) is 24.0 Å². The number of benzene rings is 1. The van der Waals surface area contributed by atoms with E-state index in [2.05, 4.69) is 40.0 Å². The number of aromatic amines is 1. The molecule has 1 aliphatic rings. The molecule has 1 aromatic heterocycles. The topological polar surface area (TPSA) is 57.4 Å². The fourth-order valence-corrected chi connectivity index (χ4v) is 2.72. The SMILES string of the molecule is CC1CCN(C(N)=NCc2cc3ccccc3[nH]2)CC1.I. The summed E-state index contributed by atoms with van der Waals surface area (Å²) >= 11 is 0. The number of hydrogen-bond acceptors (Lipinski definition) is 1. The number of nitrogens with zero attached hydrogens (tertiary/aromatic N) is 2. The Hall–Kier alpha value is -1.24. The lowest BCUT2D eigenvalue weighted by Crippen LogP contribution is -2.42. The molecule has 5 heteroatoms. The van der Waals surface area contributed by atoms with Crippen molar-refractivity contribution in [3.63, 3.8) is 0 Å². The molecule has 114 valence electrons. The lowest BCUT2D eigenvalue weighted by molar-refractivity contribution is 0.277. The van der Waals surface area contributed by atoms with Crippen LogP contribution in [0.5, 0.6) is 0 Å². The van der Waals surface area contributed by atoms with Crippen LogP contribution in [0.2, 0.25) is 0 Å². The van der Waals surface area contributed by atoms with Gasteiger partial charge in [0.1, 0.15) is 0 Å². The van der Waals surface area contributed by atoms with Gasteiger partial charge in [0, 0.05) is 24.3 Å². The first-order valence-electron chi connectivity index (χ1n) is 7.34. The monoisotopic (exact) mass is 398 g/mol. The van der Waals surface area contributed by atoms with Crippen LogP contribution in [0.3, 0.4) is 0 Å². The number of fused-ring (bicyclic) bond motifs is 1. The Balaban J connectivity index is 0.00000161. The number of piperidine rings is 1. The molecule has 2 heterocycles. The fourth-order valence-electron chi connectivity index (χ4n) is 2.72. The predicted octanol–water partition coefficient (Wildman–Crippen LogP) is 3.33. The minimum Gasteiger partial charge on any atom is -0.370 e. The van der Waals surface area contributed by atoms with Gasteiger partial charge in [0.2, 0.25) is 0 Å². The van der Waals surface area contributed by atoms with E-state index in [0.29, 0.717) is 12.5 Å². The quantitative estimate of drug-likeness (QED) is 0.463. The zero-order valence-electron chi connectivity index (χ0n) is 12.4. The number of para-hydroxylation sites is 1. The van der Waals surface area contributed by atoms with Gasteiger partial charge >= 0.3 is 0 Å². The molecule has 0 unspecified atom stereocenters.